The van der Waals surface area contributed by atoms with E-state index in [9.17, 15) is 22.8 Å². The minimum absolute atomic E-state index is 0.0819. The summed E-state index contributed by atoms with van der Waals surface area (Å²) in [7, 11) is 0. The van der Waals surface area contributed by atoms with Gasteiger partial charge in [0.1, 0.15) is 5.75 Å². The summed E-state index contributed by atoms with van der Waals surface area (Å²) in [5.41, 5.74) is 0.534. The maximum Gasteiger partial charge on any atom is 0.416 e. The molecule has 0 atom stereocenters. The lowest BCUT2D eigenvalue weighted by atomic mass is 10.0. The second kappa shape index (κ2) is 12.2. The van der Waals surface area contributed by atoms with Crippen molar-refractivity contribution in [1.82, 2.24) is 4.90 Å². The summed E-state index contributed by atoms with van der Waals surface area (Å²) >= 11 is 0. The van der Waals surface area contributed by atoms with Crippen LogP contribution in [-0.2, 0) is 17.5 Å². The molecule has 1 saturated carbocycles. The Morgan fingerprint density at radius 3 is 2.37 bits per heavy atom. The highest BCUT2D eigenvalue weighted by atomic mass is 19.4. The van der Waals surface area contributed by atoms with Crippen molar-refractivity contribution in [2.45, 2.75) is 57.2 Å². The van der Waals surface area contributed by atoms with Crippen molar-refractivity contribution in [3.8, 4) is 16.9 Å². The number of unbranched alkanes of at least 4 members (excludes halogenated alkanes) is 2. The maximum atomic E-state index is 13.6. The molecule has 1 fully saturated rings. The molecule has 8 heteroatoms. The summed E-state index contributed by atoms with van der Waals surface area (Å²) < 4.78 is 63.2. The van der Waals surface area contributed by atoms with Crippen molar-refractivity contribution < 1.29 is 35.3 Å². The number of nitrogens with zero attached hydrogens (tertiary/aromatic N) is 1. The lowest BCUT2D eigenvalue weighted by Gasteiger charge is -2.24. The lowest BCUT2D eigenvalue weighted by molar-refractivity contribution is -0.138. The molecule has 0 saturated heterocycles. The van der Waals surface area contributed by atoms with Crippen LogP contribution in [0.25, 0.3) is 11.1 Å². The predicted molar refractivity (Wildman–Crippen MR) is 138 cm³/mol. The Balaban J connectivity index is 1.52. The van der Waals surface area contributed by atoms with Gasteiger partial charge >= 0.3 is 12.1 Å². The van der Waals surface area contributed by atoms with E-state index in [4.69, 9.17) is 12.6 Å². The topological polar surface area (TPSA) is 66.8 Å². The molecule has 1 aliphatic rings. The van der Waals surface area contributed by atoms with Gasteiger partial charge in [-0.25, -0.2) is 0 Å². The average Bonchev–Trinajstić information content (AvgIpc) is 3.75. The van der Waals surface area contributed by atoms with E-state index >= 15 is 0 Å². The Morgan fingerprint density at radius 2 is 1.68 bits per heavy atom. The van der Waals surface area contributed by atoms with E-state index in [-0.39, 0.29) is 30.2 Å². The van der Waals surface area contributed by atoms with E-state index in [1.165, 1.54) is 23.1 Å². The molecular weight excluding hydrogens is 495 g/mol. The minimum atomic E-state index is -4.47. The number of alkyl halides is 3. The lowest BCUT2D eigenvalue weighted by Crippen LogP contribution is -2.32. The van der Waals surface area contributed by atoms with Gasteiger partial charge in [0.25, 0.3) is 5.91 Å². The molecule has 1 aliphatic carbocycles. The van der Waals surface area contributed by atoms with Crippen molar-refractivity contribution >= 4 is 11.9 Å². The minimum Gasteiger partial charge on any atom is -0.493 e. The van der Waals surface area contributed by atoms with E-state index in [1.54, 1.807) is 42.5 Å². The standard InChI is InChI=1S/C30H30F3NO4/c31-30(32,33)25-9-6-8-23(19-25)21-12-14-22(15-13-21)29(37)34(26-16-17-26)20-24-7-3-4-10-27(24)38-18-5-1-2-11-28(35)36/h3-4,6-10,12-15,19,26H,1-2,5,11,16-18,20H2,(H,35,36)/i20D2. The zero-order valence-electron chi connectivity index (χ0n) is 22.7. The van der Waals surface area contributed by atoms with Crippen molar-refractivity contribution in [2.75, 3.05) is 6.61 Å². The number of carboxylic acids is 1. The summed E-state index contributed by atoms with van der Waals surface area (Å²) in [5.74, 6) is -1.06. The number of amides is 1. The quantitative estimate of drug-likeness (QED) is 0.253. The third kappa shape index (κ3) is 7.37. The largest absolute Gasteiger partial charge is 0.493 e. The molecule has 0 unspecified atom stereocenters. The summed E-state index contributed by atoms with van der Waals surface area (Å²) in [4.78, 5) is 25.5. The van der Waals surface area contributed by atoms with E-state index < -0.39 is 30.1 Å². The molecule has 0 bridgehead atoms. The van der Waals surface area contributed by atoms with E-state index in [0.717, 1.165) is 12.1 Å². The van der Waals surface area contributed by atoms with E-state index in [0.29, 0.717) is 49.0 Å². The molecule has 3 aromatic carbocycles. The van der Waals surface area contributed by atoms with Crippen LogP contribution in [0.3, 0.4) is 0 Å². The highest BCUT2D eigenvalue weighted by Crippen LogP contribution is 2.34. The van der Waals surface area contributed by atoms with Gasteiger partial charge in [-0.15, -0.1) is 0 Å². The van der Waals surface area contributed by atoms with Gasteiger partial charge in [-0.05, 0) is 73.6 Å². The number of para-hydroxylation sites is 1. The zero-order valence-corrected chi connectivity index (χ0v) is 20.7. The first-order valence-electron chi connectivity index (χ1n) is 13.5. The SMILES string of the molecule is [2H]C([2H])(c1ccccc1OCCCCCC(=O)O)N(C(=O)c1ccc(-c2cccc(C(F)(F)F)c2)cc1)C1CC1. The summed E-state index contributed by atoms with van der Waals surface area (Å²) in [6.07, 6.45) is -1.29. The number of ether oxygens (including phenoxy) is 1. The average molecular weight is 528 g/mol. The first-order valence-corrected chi connectivity index (χ1v) is 12.5. The van der Waals surface area contributed by atoms with Crippen LogP contribution in [0, 0.1) is 0 Å². The highest BCUT2D eigenvalue weighted by Gasteiger charge is 2.34. The Bertz CT molecular complexity index is 1340. The van der Waals surface area contributed by atoms with Crippen molar-refractivity contribution in [1.29, 1.82) is 0 Å². The molecule has 5 nitrogen and oxygen atoms in total. The van der Waals surface area contributed by atoms with Gasteiger partial charge in [0, 0.05) is 30.1 Å². The predicted octanol–water partition coefficient (Wildman–Crippen LogP) is 7.20. The Labute approximate surface area is 222 Å². The number of hydrogen-bond donors (Lipinski definition) is 1. The maximum absolute atomic E-state index is 13.6. The van der Waals surface area contributed by atoms with Gasteiger partial charge in [-0.2, -0.15) is 13.2 Å². The van der Waals surface area contributed by atoms with Crippen molar-refractivity contribution in [2.24, 2.45) is 0 Å². The second-order valence-corrected chi connectivity index (χ2v) is 9.22. The van der Waals surface area contributed by atoms with Gasteiger partial charge in [0.15, 0.2) is 0 Å². The fraction of sp³-hybridized carbons (Fsp3) is 0.333. The van der Waals surface area contributed by atoms with Crippen LogP contribution < -0.4 is 4.74 Å². The molecule has 0 aromatic heterocycles. The van der Waals surface area contributed by atoms with E-state index in [1.807, 2.05) is 0 Å². The molecular formula is C30H30F3NO4. The summed E-state index contributed by atoms with van der Waals surface area (Å²) in [6.45, 7) is -1.92. The molecule has 3 aromatic rings. The van der Waals surface area contributed by atoms with Crippen LogP contribution in [-0.4, -0.2) is 34.5 Å². The molecule has 1 N–H and O–H groups in total. The zero-order chi connectivity index (χ0) is 28.9. The molecule has 200 valence electrons. The number of carbonyl (C=O) groups excluding carboxylic acids is 1. The number of halogens is 3. The Morgan fingerprint density at radius 1 is 0.947 bits per heavy atom. The third-order valence-corrected chi connectivity index (χ3v) is 6.21. The van der Waals surface area contributed by atoms with Crippen LogP contribution in [0.5, 0.6) is 5.75 Å². The molecule has 0 spiro atoms. The number of rotatable bonds is 12. The Hall–Kier alpha value is -3.81. The van der Waals surface area contributed by atoms with Gasteiger partial charge in [0.05, 0.1) is 14.9 Å². The second-order valence-electron chi connectivity index (χ2n) is 9.22. The third-order valence-electron chi connectivity index (χ3n) is 6.21. The van der Waals surface area contributed by atoms with Crippen LogP contribution in [0.4, 0.5) is 13.2 Å². The molecule has 0 aliphatic heterocycles. The Kier molecular flexibility index (Phi) is 7.84. The monoisotopic (exact) mass is 527 g/mol. The van der Waals surface area contributed by atoms with Gasteiger partial charge in [-0.1, -0.05) is 42.5 Å². The number of hydrogen-bond acceptors (Lipinski definition) is 3. The van der Waals surface area contributed by atoms with Gasteiger partial charge in [0.2, 0.25) is 0 Å². The van der Waals surface area contributed by atoms with Crippen molar-refractivity contribution in [3.63, 3.8) is 0 Å². The first kappa shape index (κ1) is 24.5. The number of aliphatic carboxylic acids is 1. The van der Waals surface area contributed by atoms with Crippen LogP contribution in [0.1, 0.15) is 62.8 Å². The van der Waals surface area contributed by atoms with Crippen LogP contribution in [0.15, 0.2) is 72.8 Å². The van der Waals surface area contributed by atoms with Crippen LogP contribution in [0.2, 0.25) is 0 Å². The van der Waals surface area contributed by atoms with Gasteiger partial charge < -0.3 is 14.7 Å². The smallest absolute Gasteiger partial charge is 0.416 e. The van der Waals surface area contributed by atoms with Crippen molar-refractivity contribution in [3.05, 3.63) is 89.5 Å². The molecule has 4 rings (SSSR count). The molecule has 1 amide bonds. The summed E-state index contributed by atoms with van der Waals surface area (Å²) in [6, 6.07) is 17.4. The number of benzene rings is 3. The fourth-order valence-electron chi connectivity index (χ4n) is 4.01. The normalized spacial score (nSPS) is 14.4. The van der Waals surface area contributed by atoms with Crippen LogP contribution >= 0.6 is 0 Å². The molecule has 0 heterocycles. The first-order chi connectivity index (χ1) is 19.0. The number of carboxylic acid groups (broad SMARTS) is 1. The number of carbonyl (C=O) groups is 2. The fourth-order valence-corrected chi connectivity index (χ4v) is 4.01. The highest BCUT2D eigenvalue weighted by molar-refractivity contribution is 5.95. The molecule has 38 heavy (non-hydrogen) atoms. The molecule has 0 radical (unpaired) electrons. The summed E-state index contributed by atoms with van der Waals surface area (Å²) in [5, 5.41) is 8.76. The van der Waals surface area contributed by atoms with Gasteiger partial charge in [-0.3, -0.25) is 9.59 Å². The van der Waals surface area contributed by atoms with E-state index in [2.05, 4.69) is 0 Å².